The van der Waals surface area contributed by atoms with Gasteiger partial charge in [-0.2, -0.15) is 14.5 Å². The SMILES string of the molecule is COOSCCc1cc2c(/C=C/c3ccnnc3)cc(-c3cncn3C)nc2cc1C. The number of aromatic nitrogens is 5. The highest BCUT2D eigenvalue weighted by molar-refractivity contribution is 7.94. The third-order valence-corrected chi connectivity index (χ3v) is 5.61. The van der Waals surface area contributed by atoms with Crippen LogP contribution in [0.25, 0.3) is 34.4 Å². The lowest BCUT2D eigenvalue weighted by Crippen LogP contribution is -1.98. The first-order valence-corrected chi connectivity index (χ1v) is 10.7. The predicted molar refractivity (Wildman–Crippen MR) is 124 cm³/mol. The second kappa shape index (κ2) is 9.82. The normalized spacial score (nSPS) is 11.6. The first-order chi connectivity index (χ1) is 15.2. The van der Waals surface area contributed by atoms with E-state index < -0.39 is 0 Å². The zero-order chi connectivity index (χ0) is 21.6. The molecule has 0 saturated heterocycles. The zero-order valence-corrected chi connectivity index (χ0v) is 18.5. The van der Waals surface area contributed by atoms with Crippen molar-refractivity contribution in [3.63, 3.8) is 0 Å². The molecule has 3 aromatic heterocycles. The van der Waals surface area contributed by atoms with Crippen LogP contribution in [0.15, 0.2) is 49.2 Å². The molecule has 4 rings (SSSR count). The number of nitrogens with zero attached hydrogens (tertiary/aromatic N) is 5. The van der Waals surface area contributed by atoms with Gasteiger partial charge in [-0.25, -0.2) is 14.9 Å². The third-order valence-electron chi connectivity index (χ3n) is 5.01. The molecule has 31 heavy (non-hydrogen) atoms. The summed E-state index contributed by atoms with van der Waals surface area (Å²) in [6.45, 7) is 2.12. The van der Waals surface area contributed by atoms with Gasteiger partial charge in [0.2, 0.25) is 0 Å². The van der Waals surface area contributed by atoms with E-state index in [0.717, 1.165) is 45.6 Å². The smallest absolute Gasteiger partial charge is 0.0948 e. The highest BCUT2D eigenvalue weighted by Gasteiger charge is 2.11. The minimum atomic E-state index is 0.800. The van der Waals surface area contributed by atoms with Gasteiger partial charge in [-0.15, -0.1) is 0 Å². The van der Waals surface area contributed by atoms with E-state index in [2.05, 4.69) is 51.3 Å². The number of hydrogen-bond acceptors (Lipinski definition) is 7. The lowest BCUT2D eigenvalue weighted by molar-refractivity contribution is -0.160. The quantitative estimate of drug-likeness (QED) is 0.173. The van der Waals surface area contributed by atoms with Gasteiger partial charge in [0.1, 0.15) is 0 Å². The van der Waals surface area contributed by atoms with E-state index in [1.807, 2.05) is 30.0 Å². The number of rotatable bonds is 8. The molecule has 0 atom stereocenters. The van der Waals surface area contributed by atoms with E-state index in [0.29, 0.717) is 0 Å². The molecule has 0 spiro atoms. The number of benzene rings is 1. The number of pyridine rings is 1. The van der Waals surface area contributed by atoms with Crippen LogP contribution in [0.2, 0.25) is 0 Å². The van der Waals surface area contributed by atoms with E-state index >= 15 is 0 Å². The first-order valence-electron chi connectivity index (χ1n) is 9.83. The van der Waals surface area contributed by atoms with Crippen molar-refractivity contribution in [2.75, 3.05) is 12.9 Å². The van der Waals surface area contributed by atoms with Crippen LogP contribution in [0.1, 0.15) is 22.3 Å². The van der Waals surface area contributed by atoms with Crippen molar-refractivity contribution in [1.29, 1.82) is 0 Å². The molecule has 0 saturated carbocycles. The molecule has 158 valence electrons. The number of imidazole rings is 1. The van der Waals surface area contributed by atoms with Gasteiger partial charge in [0.15, 0.2) is 0 Å². The van der Waals surface area contributed by atoms with E-state index in [-0.39, 0.29) is 0 Å². The van der Waals surface area contributed by atoms with Gasteiger partial charge in [0.25, 0.3) is 0 Å². The fourth-order valence-corrected chi connectivity index (χ4v) is 3.88. The largest absolute Gasteiger partial charge is 0.332 e. The summed E-state index contributed by atoms with van der Waals surface area (Å²) in [5, 5.41) is 8.90. The fraction of sp³-hybridized carbons (Fsp3) is 0.217. The zero-order valence-electron chi connectivity index (χ0n) is 17.6. The van der Waals surface area contributed by atoms with Gasteiger partial charge in [0.05, 0.1) is 48.9 Å². The van der Waals surface area contributed by atoms with E-state index in [9.17, 15) is 0 Å². The van der Waals surface area contributed by atoms with Crippen LogP contribution in [0.3, 0.4) is 0 Å². The first kappa shape index (κ1) is 21.2. The lowest BCUT2D eigenvalue weighted by atomic mass is 9.98. The molecule has 0 amide bonds. The van der Waals surface area contributed by atoms with Gasteiger partial charge in [-0.1, -0.05) is 12.2 Å². The molecule has 0 unspecified atom stereocenters. The molecular weight excluding hydrogens is 410 g/mol. The van der Waals surface area contributed by atoms with Gasteiger partial charge in [0, 0.05) is 30.2 Å². The van der Waals surface area contributed by atoms with Gasteiger partial charge < -0.3 is 4.57 Å². The fourth-order valence-electron chi connectivity index (χ4n) is 3.41. The van der Waals surface area contributed by atoms with Crippen LogP contribution in [-0.2, 0) is 22.7 Å². The van der Waals surface area contributed by atoms with Gasteiger partial charge in [-0.3, -0.25) is 0 Å². The molecule has 0 aliphatic carbocycles. The second-order valence-electron chi connectivity index (χ2n) is 7.10. The summed E-state index contributed by atoms with van der Waals surface area (Å²) >= 11 is 1.30. The molecule has 7 nitrogen and oxygen atoms in total. The Morgan fingerprint density at radius 1 is 1.13 bits per heavy atom. The Bertz CT molecular complexity index is 1210. The summed E-state index contributed by atoms with van der Waals surface area (Å²) < 4.78 is 6.91. The Hall–Kier alpha value is -3.07. The van der Waals surface area contributed by atoms with Crippen molar-refractivity contribution < 1.29 is 9.22 Å². The minimum absolute atomic E-state index is 0.800. The summed E-state index contributed by atoms with van der Waals surface area (Å²) in [6, 6.07) is 8.41. The highest BCUT2D eigenvalue weighted by atomic mass is 32.2. The van der Waals surface area contributed by atoms with Crippen molar-refractivity contribution in [1.82, 2.24) is 24.7 Å². The Morgan fingerprint density at radius 2 is 2.03 bits per heavy atom. The van der Waals surface area contributed by atoms with Crippen LogP contribution < -0.4 is 0 Å². The number of aryl methyl sites for hydroxylation is 3. The summed E-state index contributed by atoms with van der Waals surface area (Å²) in [5.41, 5.74) is 7.34. The Balaban J connectivity index is 1.79. The summed E-state index contributed by atoms with van der Waals surface area (Å²) in [7, 11) is 3.48. The highest BCUT2D eigenvalue weighted by Crippen LogP contribution is 2.29. The van der Waals surface area contributed by atoms with Crippen LogP contribution in [0, 0.1) is 6.92 Å². The topological polar surface area (TPSA) is 75.0 Å². The summed E-state index contributed by atoms with van der Waals surface area (Å²) in [6.07, 6.45) is 12.1. The van der Waals surface area contributed by atoms with Crippen molar-refractivity contribution in [2.45, 2.75) is 13.3 Å². The molecule has 0 N–H and O–H groups in total. The number of fused-ring (bicyclic) bond motifs is 1. The van der Waals surface area contributed by atoms with Crippen LogP contribution in [0.4, 0.5) is 0 Å². The van der Waals surface area contributed by atoms with E-state index in [4.69, 9.17) is 9.32 Å². The Kier molecular flexibility index (Phi) is 6.71. The molecule has 0 fully saturated rings. The summed E-state index contributed by atoms with van der Waals surface area (Å²) in [4.78, 5) is 13.8. The average molecular weight is 434 g/mol. The molecule has 0 aliphatic rings. The van der Waals surface area contributed by atoms with Crippen LogP contribution in [0.5, 0.6) is 0 Å². The average Bonchev–Trinajstić information content (AvgIpc) is 3.21. The van der Waals surface area contributed by atoms with Gasteiger partial charge in [-0.05, 0) is 59.9 Å². The Morgan fingerprint density at radius 3 is 2.77 bits per heavy atom. The van der Waals surface area contributed by atoms with Crippen LogP contribution >= 0.6 is 12.0 Å². The molecule has 3 heterocycles. The second-order valence-corrected chi connectivity index (χ2v) is 7.88. The van der Waals surface area contributed by atoms with E-state index in [1.165, 1.54) is 30.3 Å². The Labute approximate surface area is 185 Å². The molecule has 0 bridgehead atoms. The molecule has 4 aromatic rings. The monoisotopic (exact) mass is 433 g/mol. The van der Waals surface area contributed by atoms with Crippen LogP contribution in [-0.4, -0.2) is 37.6 Å². The molecule has 0 aliphatic heterocycles. The maximum atomic E-state index is 4.94. The predicted octanol–water partition coefficient (Wildman–Crippen LogP) is 4.67. The maximum Gasteiger partial charge on any atom is 0.0948 e. The standard InChI is InChI=1S/C23H23N5O2S/c1-16-10-21-20(11-18(16)7-9-31-30-29-3)19(5-4-17-6-8-25-26-13-17)12-22(27-21)23-14-24-15-28(23)2/h4-6,8,10-15H,7,9H2,1-3H3/b5-4+. The lowest BCUT2D eigenvalue weighted by Gasteiger charge is -2.12. The molecule has 8 heteroatoms. The van der Waals surface area contributed by atoms with Gasteiger partial charge >= 0.3 is 0 Å². The third kappa shape index (κ3) is 4.99. The molecule has 0 radical (unpaired) electrons. The van der Waals surface area contributed by atoms with Crippen molar-refractivity contribution in [3.05, 3.63) is 71.4 Å². The van der Waals surface area contributed by atoms with Crippen molar-refractivity contribution in [2.24, 2.45) is 7.05 Å². The summed E-state index contributed by atoms with van der Waals surface area (Å²) in [5.74, 6) is 0.800. The molecular formula is C23H23N5O2S. The van der Waals surface area contributed by atoms with Crippen molar-refractivity contribution in [3.8, 4) is 11.4 Å². The number of hydrogen-bond donors (Lipinski definition) is 0. The minimum Gasteiger partial charge on any atom is -0.332 e. The van der Waals surface area contributed by atoms with Crippen molar-refractivity contribution >= 4 is 35.1 Å². The molecule has 1 aromatic carbocycles. The maximum absolute atomic E-state index is 4.94. The van der Waals surface area contributed by atoms with E-state index in [1.54, 1.807) is 18.7 Å².